The van der Waals surface area contributed by atoms with Gasteiger partial charge in [0.15, 0.2) is 0 Å². The molecule has 0 aromatic carbocycles. The number of rotatable bonds is 5. The van der Waals surface area contributed by atoms with Gasteiger partial charge in [0.25, 0.3) is 0 Å². The van der Waals surface area contributed by atoms with Gasteiger partial charge in [-0.05, 0) is 0 Å². The van der Waals surface area contributed by atoms with Crippen LogP contribution in [-0.4, -0.2) is 57.2 Å². The molecule has 5 N–H and O–H groups in total. The van der Waals surface area contributed by atoms with Crippen molar-refractivity contribution in [2.75, 3.05) is 18.9 Å². The lowest BCUT2D eigenvalue weighted by molar-refractivity contribution is -0.173. The number of amides is 1. The number of aliphatic hydroxyl groups excluding tert-OH is 2. The van der Waals surface area contributed by atoms with Crippen molar-refractivity contribution in [2.24, 2.45) is 0 Å². The second-order valence-electron chi connectivity index (χ2n) is 5.50. The third kappa shape index (κ3) is 4.59. The van der Waals surface area contributed by atoms with Crippen molar-refractivity contribution in [1.82, 2.24) is 14.9 Å². The van der Waals surface area contributed by atoms with Crippen molar-refractivity contribution in [2.45, 2.75) is 31.0 Å². The summed E-state index contributed by atoms with van der Waals surface area (Å²) in [5.74, 6) is -2.25. The van der Waals surface area contributed by atoms with Gasteiger partial charge < -0.3 is 26.0 Å². The topological polar surface area (TPSA) is 140 Å². The molecule has 1 saturated heterocycles. The van der Waals surface area contributed by atoms with Gasteiger partial charge in [-0.15, -0.1) is 0 Å². The number of carbonyl (C=O) groups is 1. The van der Waals surface area contributed by atoms with Gasteiger partial charge in [-0.1, -0.05) is 12.2 Å². The highest BCUT2D eigenvalue weighted by molar-refractivity contribution is 5.81. The highest BCUT2D eigenvalue weighted by atomic mass is 19.4. The molecule has 1 fully saturated rings. The highest BCUT2D eigenvalue weighted by Crippen LogP contribution is 2.27. The predicted molar refractivity (Wildman–Crippen MR) is 82.6 cm³/mol. The zero-order chi connectivity index (χ0) is 19.5. The molecule has 0 bridgehead atoms. The summed E-state index contributed by atoms with van der Waals surface area (Å²) < 4.78 is 42.6. The molecule has 1 aromatic heterocycles. The van der Waals surface area contributed by atoms with E-state index in [0.717, 1.165) is 4.57 Å². The smallest absolute Gasteiger partial charge is 0.394 e. The van der Waals surface area contributed by atoms with Crippen LogP contribution in [0.5, 0.6) is 0 Å². The van der Waals surface area contributed by atoms with Crippen LogP contribution in [0.4, 0.5) is 19.0 Å². The first-order valence-corrected chi connectivity index (χ1v) is 7.48. The summed E-state index contributed by atoms with van der Waals surface area (Å²) in [4.78, 5) is 26.2. The summed E-state index contributed by atoms with van der Waals surface area (Å²) in [5.41, 5.74) is 5.06. The molecule has 2 rings (SSSR count). The number of anilines is 1. The van der Waals surface area contributed by atoms with E-state index >= 15 is 0 Å². The van der Waals surface area contributed by atoms with Crippen LogP contribution in [0, 0.1) is 0 Å². The Bertz CT molecular complexity index is 749. The molecular formula is C14H17F3N4O5. The van der Waals surface area contributed by atoms with E-state index in [9.17, 15) is 27.9 Å². The number of aliphatic hydroxyl groups is 2. The molecule has 12 heteroatoms. The van der Waals surface area contributed by atoms with Crippen LogP contribution < -0.4 is 16.7 Å². The summed E-state index contributed by atoms with van der Waals surface area (Å²) in [6.45, 7) is -0.845. The van der Waals surface area contributed by atoms with E-state index < -0.39 is 49.4 Å². The number of halogens is 3. The Morgan fingerprint density at radius 2 is 2.23 bits per heavy atom. The number of nitrogens with two attached hydrogens (primary N) is 1. The minimum Gasteiger partial charge on any atom is -0.394 e. The van der Waals surface area contributed by atoms with Crippen molar-refractivity contribution in [1.29, 1.82) is 0 Å². The maximum absolute atomic E-state index is 12.1. The lowest BCUT2D eigenvalue weighted by Gasteiger charge is -2.15. The van der Waals surface area contributed by atoms with Gasteiger partial charge in [-0.2, -0.15) is 18.2 Å². The maximum atomic E-state index is 12.1. The molecule has 0 spiro atoms. The molecule has 26 heavy (non-hydrogen) atoms. The largest absolute Gasteiger partial charge is 0.471 e. The molecule has 0 saturated carbocycles. The van der Waals surface area contributed by atoms with Gasteiger partial charge in [-0.3, -0.25) is 9.36 Å². The van der Waals surface area contributed by atoms with Crippen LogP contribution in [0.2, 0.25) is 0 Å². The fraction of sp³-hybridized carbons (Fsp3) is 0.500. The second-order valence-corrected chi connectivity index (χ2v) is 5.50. The van der Waals surface area contributed by atoms with E-state index in [2.05, 4.69) is 4.98 Å². The molecule has 3 atom stereocenters. The molecular weight excluding hydrogens is 361 g/mol. The zero-order valence-electron chi connectivity index (χ0n) is 13.3. The van der Waals surface area contributed by atoms with Crippen LogP contribution in [-0.2, 0) is 9.53 Å². The molecule has 0 radical (unpaired) electrons. The normalized spacial score (nSPS) is 23.5. The number of alkyl halides is 3. The Labute approximate surface area is 144 Å². The number of hydrogen-bond acceptors (Lipinski definition) is 7. The van der Waals surface area contributed by atoms with Crippen LogP contribution in [0.25, 0.3) is 6.08 Å². The molecule has 1 amide bonds. The molecule has 0 aliphatic carbocycles. The van der Waals surface area contributed by atoms with Gasteiger partial charge in [0.05, 0.1) is 12.7 Å². The summed E-state index contributed by atoms with van der Waals surface area (Å²) in [5, 5.41) is 20.5. The number of nitrogen functional groups attached to an aromatic ring is 1. The first kappa shape index (κ1) is 19.9. The van der Waals surface area contributed by atoms with E-state index in [0.29, 0.717) is 0 Å². The van der Waals surface area contributed by atoms with Gasteiger partial charge in [0.2, 0.25) is 0 Å². The highest BCUT2D eigenvalue weighted by Gasteiger charge is 2.38. The SMILES string of the molecule is Nc1nc(=O)n([C@H]2C[C@H](O)[C@@H](CO)O2)cc1/C=C/CNC(=O)C(F)(F)F. The Morgan fingerprint density at radius 3 is 2.81 bits per heavy atom. The van der Waals surface area contributed by atoms with Crippen molar-refractivity contribution in [3.63, 3.8) is 0 Å². The standard InChI is InChI=1S/C14H17F3N4O5/c15-14(16,17)12(24)19-3-1-2-7-5-21(13(25)20-11(7)18)10-4-8(23)9(6-22)26-10/h1-2,5,8-10,22-23H,3-4,6H2,(H,19,24)(H2,18,20,25)/b2-1+/t8-,9+,10+/m0/s1. The van der Waals surface area contributed by atoms with Gasteiger partial charge in [0, 0.05) is 24.7 Å². The average Bonchev–Trinajstić information content (AvgIpc) is 2.92. The molecule has 2 heterocycles. The van der Waals surface area contributed by atoms with Crippen molar-refractivity contribution < 1.29 is 32.9 Å². The summed E-state index contributed by atoms with van der Waals surface area (Å²) in [7, 11) is 0. The summed E-state index contributed by atoms with van der Waals surface area (Å²) in [6, 6.07) is 0. The Morgan fingerprint density at radius 1 is 1.54 bits per heavy atom. The summed E-state index contributed by atoms with van der Waals surface area (Å²) >= 11 is 0. The third-order valence-electron chi connectivity index (χ3n) is 3.64. The summed E-state index contributed by atoms with van der Waals surface area (Å²) in [6.07, 6.45) is -3.88. The van der Waals surface area contributed by atoms with Crippen molar-refractivity contribution in [3.8, 4) is 0 Å². The molecule has 1 aliphatic rings. The van der Waals surface area contributed by atoms with Gasteiger partial charge in [0.1, 0.15) is 18.1 Å². The van der Waals surface area contributed by atoms with E-state index in [4.69, 9.17) is 15.6 Å². The fourth-order valence-corrected chi connectivity index (χ4v) is 2.32. The first-order valence-electron chi connectivity index (χ1n) is 7.48. The van der Waals surface area contributed by atoms with E-state index in [1.54, 1.807) is 5.32 Å². The van der Waals surface area contributed by atoms with Gasteiger partial charge >= 0.3 is 17.8 Å². The van der Waals surface area contributed by atoms with Crippen molar-refractivity contribution >= 4 is 17.8 Å². The lowest BCUT2D eigenvalue weighted by Crippen LogP contribution is -2.36. The lowest BCUT2D eigenvalue weighted by atomic mass is 10.2. The second kappa shape index (κ2) is 7.85. The van der Waals surface area contributed by atoms with Crippen molar-refractivity contribution in [3.05, 3.63) is 28.3 Å². The van der Waals surface area contributed by atoms with Crippen LogP contribution >= 0.6 is 0 Å². The zero-order valence-corrected chi connectivity index (χ0v) is 13.3. The quantitative estimate of drug-likeness (QED) is 0.524. The van der Waals surface area contributed by atoms with Crippen LogP contribution in [0.3, 0.4) is 0 Å². The van der Waals surface area contributed by atoms with E-state index in [-0.39, 0.29) is 17.8 Å². The van der Waals surface area contributed by atoms with Crippen LogP contribution in [0.1, 0.15) is 18.2 Å². The Balaban J connectivity index is 2.12. The third-order valence-corrected chi connectivity index (χ3v) is 3.64. The Hall–Kier alpha value is -2.44. The molecule has 144 valence electrons. The van der Waals surface area contributed by atoms with E-state index in [1.807, 2.05) is 0 Å². The van der Waals surface area contributed by atoms with Crippen LogP contribution in [0.15, 0.2) is 17.1 Å². The van der Waals surface area contributed by atoms with Gasteiger partial charge in [-0.25, -0.2) is 4.79 Å². The number of aromatic nitrogens is 2. The first-order chi connectivity index (χ1) is 12.1. The van der Waals surface area contributed by atoms with E-state index in [1.165, 1.54) is 18.3 Å². The predicted octanol–water partition coefficient (Wildman–Crippen LogP) is -0.842. The number of nitrogens with zero attached hydrogens (tertiary/aromatic N) is 2. The molecule has 1 aromatic rings. The minimum atomic E-state index is -4.98. The number of hydrogen-bond donors (Lipinski definition) is 4. The number of carbonyl (C=O) groups excluding carboxylic acids is 1. The monoisotopic (exact) mass is 378 g/mol. The molecule has 0 unspecified atom stereocenters. The molecule has 9 nitrogen and oxygen atoms in total. The Kier molecular flexibility index (Phi) is 6.00. The molecule has 1 aliphatic heterocycles. The minimum absolute atomic E-state index is 0.0432. The average molecular weight is 378 g/mol. The maximum Gasteiger partial charge on any atom is 0.471 e. The fourth-order valence-electron chi connectivity index (χ4n) is 2.32. The number of ether oxygens (including phenoxy) is 1. The number of nitrogens with one attached hydrogen (secondary N) is 1.